The zero-order valence-electron chi connectivity index (χ0n) is 12.1. The molecule has 1 atom stereocenters. The molecule has 2 aliphatic heterocycles. The molecule has 3 rings (SSSR count). The van der Waals surface area contributed by atoms with E-state index in [1.807, 2.05) is 18.2 Å². The van der Waals surface area contributed by atoms with Gasteiger partial charge in [0, 0.05) is 35.8 Å². The van der Waals surface area contributed by atoms with Crippen LogP contribution in [-0.2, 0) is 4.79 Å². The summed E-state index contributed by atoms with van der Waals surface area (Å²) in [5.41, 5.74) is 1.14. The van der Waals surface area contributed by atoms with Crippen LogP contribution in [0.4, 0.5) is 5.69 Å². The maximum Gasteiger partial charge on any atom is 0.223 e. The first kappa shape index (κ1) is 14.7. The fourth-order valence-electron chi connectivity index (χ4n) is 3.19. The van der Waals surface area contributed by atoms with E-state index in [-0.39, 0.29) is 17.9 Å². The summed E-state index contributed by atoms with van der Waals surface area (Å²) >= 11 is 6.04. The van der Waals surface area contributed by atoms with Crippen molar-refractivity contribution in [1.82, 2.24) is 10.6 Å². The van der Waals surface area contributed by atoms with E-state index in [1.165, 1.54) is 0 Å². The van der Waals surface area contributed by atoms with Gasteiger partial charge in [0.2, 0.25) is 5.91 Å². The average Bonchev–Trinajstić information content (AvgIpc) is 2.97. The zero-order chi connectivity index (χ0) is 14.7. The van der Waals surface area contributed by atoms with E-state index in [4.69, 9.17) is 11.6 Å². The fraction of sp³-hybridized carbons (Fsp3) is 0.562. The number of hydrogen-bond donors (Lipinski definition) is 2. The molecule has 4 nitrogen and oxygen atoms in total. The van der Waals surface area contributed by atoms with Crippen LogP contribution in [0.25, 0.3) is 0 Å². The van der Waals surface area contributed by atoms with Crippen LogP contribution >= 0.6 is 11.6 Å². The maximum absolute atomic E-state index is 12.3. The third-order valence-electron chi connectivity index (χ3n) is 4.42. The first-order chi connectivity index (χ1) is 10.2. The standard InChI is InChI=1S/C16H22ClN3O/c17-13-2-1-3-15(10-13)20-9-6-14(11-20)19-16(21)12-4-7-18-8-5-12/h1-3,10,12,14,18H,4-9,11H2,(H,19,21). The molecule has 0 saturated carbocycles. The van der Waals surface area contributed by atoms with Crippen LogP contribution in [0, 0.1) is 5.92 Å². The van der Waals surface area contributed by atoms with Crippen LogP contribution in [0.5, 0.6) is 0 Å². The summed E-state index contributed by atoms with van der Waals surface area (Å²) in [6.07, 6.45) is 2.91. The summed E-state index contributed by atoms with van der Waals surface area (Å²) in [6, 6.07) is 8.17. The molecule has 2 aliphatic rings. The topological polar surface area (TPSA) is 44.4 Å². The van der Waals surface area contributed by atoms with Gasteiger partial charge in [-0.3, -0.25) is 4.79 Å². The van der Waals surface area contributed by atoms with Crippen LogP contribution < -0.4 is 15.5 Å². The molecule has 2 heterocycles. The monoisotopic (exact) mass is 307 g/mol. The molecule has 0 aromatic heterocycles. The van der Waals surface area contributed by atoms with Gasteiger partial charge in [-0.05, 0) is 50.6 Å². The van der Waals surface area contributed by atoms with Crippen molar-refractivity contribution >= 4 is 23.2 Å². The van der Waals surface area contributed by atoms with Crippen LogP contribution in [0.1, 0.15) is 19.3 Å². The van der Waals surface area contributed by atoms with Crippen molar-refractivity contribution in [1.29, 1.82) is 0 Å². The number of nitrogens with one attached hydrogen (secondary N) is 2. The van der Waals surface area contributed by atoms with Crippen molar-refractivity contribution in [3.8, 4) is 0 Å². The Morgan fingerprint density at radius 1 is 1.29 bits per heavy atom. The van der Waals surface area contributed by atoms with E-state index in [0.29, 0.717) is 0 Å². The number of halogens is 1. The fourth-order valence-corrected chi connectivity index (χ4v) is 3.37. The van der Waals surface area contributed by atoms with Gasteiger partial charge in [0.25, 0.3) is 0 Å². The number of anilines is 1. The van der Waals surface area contributed by atoms with Gasteiger partial charge in [-0.15, -0.1) is 0 Å². The lowest BCUT2D eigenvalue weighted by Gasteiger charge is -2.24. The third kappa shape index (κ3) is 3.69. The normalized spacial score (nSPS) is 23.3. The maximum atomic E-state index is 12.3. The summed E-state index contributed by atoms with van der Waals surface area (Å²) in [7, 11) is 0. The highest BCUT2D eigenvalue weighted by Crippen LogP contribution is 2.24. The van der Waals surface area contributed by atoms with Gasteiger partial charge >= 0.3 is 0 Å². The Hall–Kier alpha value is -1.26. The number of nitrogens with zero attached hydrogens (tertiary/aromatic N) is 1. The van der Waals surface area contributed by atoms with Crippen LogP contribution in [0.3, 0.4) is 0 Å². The quantitative estimate of drug-likeness (QED) is 0.898. The second-order valence-electron chi connectivity index (χ2n) is 5.94. The third-order valence-corrected chi connectivity index (χ3v) is 4.65. The van der Waals surface area contributed by atoms with E-state index in [0.717, 1.165) is 56.2 Å². The smallest absolute Gasteiger partial charge is 0.223 e. The number of benzene rings is 1. The van der Waals surface area contributed by atoms with Crippen molar-refractivity contribution in [3.63, 3.8) is 0 Å². The molecule has 1 aromatic carbocycles. The van der Waals surface area contributed by atoms with Gasteiger partial charge < -0.3 is 15.5 Å². The molecule has 0 spiro atoms. The lowest BCUT2D eigenvalue weighted by molar-refractivity contribution is -0.126. The molecule has 21 heavy (non-hydrogen) atoms. The van der Waals surface area contributed by atoms with Crippen molar-refractivity contribution in [2.24, 2.45) is 5.92 Å². The Morgan fingerprint density at radius 3 is 2.86 bits per heavy atom. The van der Waals surface area contributed by atoms with Crippen molar-refractivity contribution in [2.45, 2.75) is 25.3 Å². The van der Waals surface area contributed by atoms with Gasteiger partial charge in [0.15, 0.2) is 0 Å². The van der Waals surface area contributed by atoms with Gasteiger partial charge in [-0.25, -0.2) is 0 Å². The summed E-state index contributed by atoms with van der Waals surface area (Å²) in [6.45, 7) is 3.75. The second-order valence-corrected chi connectivity index (χ2v) is 6.38. The SMILES string of the molecule is O=C(NC1CCN(c2cccc(Cl)c2)C1)C1CCNCC1. The Labute approximate surface area is 130 Å². The number of rotatable bonds is 3. The van der Waals surface area contributed by atoms with E-state index < -0.39 is 0 Å². The van der Waals surface area contributed by atoms with Crippen molar-refractivity contribution in [3.05, 3.63) is 29.3 Å². The molecule has 2 N–H and O–H groups in total. The highest BCUT2D eigenvalue weighted by atomic mass is 35.5. The average molecular weight is 308 g/mol. The van der Waals surface area contributed by atoms with Crippen LogP contribution in [0.15, 0.2) is 24.3 Å². The molecule has 0 aliphatic carbocycles. The summed E-state index contributed by atoms with van der Waals surface area (Å²) < 4.78 is 0. The van der Waals surface area contributed by atoms with Gasteiger partial charge in [0.1, 0.15) is 0 Å². The molecule has 0 radical (unpaired) electrons. The molecule has 114 valence electrons. The molecule has 1 unspecified atom stereocenters. The number of amides is 1. The number of hydrogen-bond acceptors (Lipinski definition) is 3. The van der Waals surface area contributed by atoms with E-state index in [2.05, 4.69) is 21.6 Å². The first-order valence-corrected chi connectivity index (χ1v) is 8.12. The Kier molecular flexibility index (Phi) is 4.66. The Balaban J connectivity index is 1.53. The van der Waals surface area contributed by atoms with Crippen molar-refractivity contribution in [2.75, 3.05) is 31.1 Å². The highest BCUT2D eigenvalue weighted by molar-refractivity contribution is 6.30. The molecular weight excluding hydrogens is 286 g/mol. The lowest BCUT2D eigenvalue weighted by Crippen LogP contribution is -2.43. The number of carbonyl (C=O) groups is 1. The molecule has 5 heteroatoms. The van der Waals surface area contributed by atoms with E-state index in [1.54, 1.807) is 0 Å². The van der Waals surface area contributed by atoms with E-state index in [9.17, 15) is 4.79 Å². The second kappa shape index (κ2) is 6.67. The zero-order valence-corrected chi connectivity index (χ0v) is 12.9. The van der Waals surface area contributed by atoms with Crippen molar-refractivity contribution < 1.29 is 4.79 Å². The summed E-state index contributed by atoms with van der Waals surface area (Å²) in [4.78, 5) is 14.6. The predicted molar refractivity (Wildman–Crippen MR) is 85.8 cm³/mol. The van der Waals surface area contributed by atoms with E-state index >= 15 is 0 Å². The minimum Gasteiger partial charge on any atom is -0.369 e. The minimum absolute atomic E-state index is 0.187. The molecular formula is C16H22ClN3O. The molecule has 0 bridgehead atoms. The van der Waals surface area contributed by atoms with Gasteiger partial charge in [-0.1, -0.05) is 17.7 Å². The molecule has 1 aromatic rings. The van der Waals surface area contributed by atoms with Gasteiger partial charge in [0.05, 0.1) is 0 Å². The van der Waals surface area contributed by atoms with Crippen LogP contribution in [0.2, 0.25) is 5.02 Å². The Bertz CT molecular complexity index is 502. The predicted octanol–water partition coefficient (Wildman–Crippen LogP) is 2.03. The minimum atomic E-state index is 0.187. The largest absolute Gasteiger partial charge is 0.369 e. The lowest BCUT2D eigenvalue weighted by atomic mass is 9.97. The van der Waals surface area contributed by atoms with Crippen LogP contribution in [-0.4, -0.2) is 38.1 Å². The molecule has 1 amide bonds. The highest BCUT2D eigenvalue weighted by Gasteiger charge is 2.27. The number of carbonyl (C=O) groups excluding carboxylic acids is 1. The van der Waals surface area contributed by atoms with Gasteiger partial charge in [-0.2, -0.15) is 0 Å². The Morgan fingerprint density at radius 2 is 2.10 bits per heavy atom. The molecule has 2 saturated heterocycles. The number of piperidine rings is 1. The molecule has 2 fully saturated rings. The first-order valence-electron chi connectivity index (χ1n) is 7.74. The summed E-state index contributed by atoms with van der Waals surface area (Å²) in [5.74, 6) is 0.418. The summed E-state index contributed by atoms with van der Waals surface area (Å²) in [5, 5.41) is 7.28.